The van der Waals surface area contributed by atoms with Gasteiger partial charge in [-0.25, -0.2) is 0 Å². The van der Waals surface area contributed by atoms with Gasteiger partial charge in [0.05, 0.1) is 5.02 Å². The first-order valence-electron chi connectivity index (χ1n) is 6.14. The first-order chi connectivity index (χ1) is 8.31. The fraction of sp³-hybridized carbons (Fsp3) is 0.538. The van der Waals surface area contributed by atoms with E-state index in [1.807, 2.05) is 18.2 Å². The number of ether oxygens (including phenoxy) is 1. The van der Waals surface area contributed by atoms with E-state index in [9.17, 15) is 0 Å². The highest BCUT2D eigenvalue weighted by Crippen LogP contribution is 2.28. The summed E-state index contributed by atoms with van der Waals surface area (Å²) in [7, 11) is 0. The molecule has 3 nitrogen and oxygen atoms in total. The van der Waals surface area contributed by atoms with Crippen molar-refractivity contribution in [3.63, 3.8) is 0 Å². The monoisotopic (exact) mass is 254 g/mol. The molecule has 1 aliphatic heterocycles. The van der Waals surface area contributed by atoms with E-state index in [0.717, 1.165) is 17.9 Å². The summed E-state index contributed by atoms with van der Waals surface area (Å²) in [6, 6.07) is 5.70. The summed E-state index contributed by atoms with van der Waals surface area (Å²) in [6.45, 7) is 4.48. The third-order valence-electron chi connectivity index (χ3n) is 3.12. The highest BCUT2D eigenvalue weighted by atomic mass is 35.5. The molecule has 1 aliphatic rings. The van der Waals surface area contributed by atoms with Crippen LogP contribution >= 0.6 is 11.6 Å². The van der Waals surface area contributed by atoms with Crippen molar-refractivity contribution < 1.29 is 4.74 Å². The second-order valence-corrected chi connectivity index (χ2v) is 4.74. The Labute approximate surface area is 107 Å². The molecular formula is C13H19ClN2O. The van der Waals surface area contributed by atoms with Crippen LogP contribution in [0.15, 0.2) is 18.2 Å². The molecule has 1 aromatic rings. The zero-order valence-electron chi connectivity index (χ0n) is 9.99. The summed E-state index contributed by atoms with van der Waals surface area (Å²) in [5.41, 5.74) is 6.64. The van der Waals surface area contributed by atoms with E-state index in [1.165, 1.54) is 25.9 Å². The maximum absolute atomic E-state index is 6.11. The van der Waals surface area contributed by atoms with Crippen LogP contribution in [0.2, 0.25) is 5.02 Å². The van der Waals surface area contributed by atoms with Gasteiger partial charge in [-0.3, -0.25) is 4.90 Å². The highest BCUT2D eigenvalue weighted by molar-refractivity contribution is 6.32. The molecular weight excluding hydrogens is 236 g/mol. The lowest BCUT2D eigenvalue weighted by Crippen LogP contribution is -2.25. The van der Waals surface area contributed by atoms with Gasteiger partial charge in [0.1, 0.15) is 12.4 Å². The molecule has 1 fully saturated rings. The summed E-state index contributed by atoms with van der Waals surface area (Å²) in [6.07, 6.45) is 2.61. The standard InChI is InChI=1S/C13H19ClN2O/c14-12-5-3-4-11(10-15)13(12)17-9-8-16-6-1-2-7-16/h3-5H,1-2,6-10,15H2. The third-order valence-corrected chi connectivity index (χ3v) is 3.42. The second kappa shape index (κ2) is 6.24. The quantitative estimate of drug-likeness (QED) is 0.876. The molecule has 0 bridgehead atoms. The van der Waals surface area contributed by atoms with E-state index in [1.54, 1.807) is 0 Å². The lowest BCUT2D eigenvalue weighted by Gasteiger charge is -2.16. The van der Waals surface area contributed by atoms with Crippen molar-refractivity contribution in [2.45, 2.75) is 19.4 Å². The minimum absolute atomic E-state index is 0.458. The van der Waals surface area contributed by atoms with Crippen LogP contribution in [-0.2, 0) is 6.54 Å². The van der Waals surface area contributed by atoms with Gasteiger partial charge in [0.2, 0.25) is 0 Å². The zero-order chi connectivity index (χ0) is 12.1. The van der Waals surface area contributed by atoms with E-state index in [2.05, 4.69) is 4.90 Å². The number of nitrogens with zero attached hydrogens (tertiary/aromatic N) is 1. The SMILES string of the molecule is NCc1cccc(Cl)c1OCCN1CCCC1. The van der Waals surface area contributed by atoms with Gasteiger partial charge in [0, 0.05) is 18.7 Å². The van der Waals surface area contributed by atoms with Crippen molar-refractivity contribution in [1.82, 2.24) is 4.90 Å². The number of hydrogen-bond acceptors (Lipinski definition) is 3. The van der Waals surface area contributed by atoms with E-state index in [4.69, 9.17) is 22.1 Å². The van der Waals surface area contributed by atoms with Gasteiger partial charge in [-0.05, 0) is 32.0 Å². The van der Waals surface area contributed by atoms with E-state index < -0.39 is 0 Å². The lowest BCUT2D eigenvalue weighted by molar-refractivity contribution is 0.236. The van der Waals surface area contributed by atoms with Crippen LogP contribution in [0.5, 0.6) is 5.75 Å². The fourth-order valence-electron chi connectivity index (χ4n) is 2.16. The predicted molar refractivity (Wildman–Crippen MR) is 70.5 cm³/mol. The predicted octanol–water partition coefficient (Wildman–Crippen LogP) is 2.27. The average molecular weight is 255 g/mol. The van der Waals surface area contributed by atoms with Crippen molar-refractivity contribution in [3.8, 4) is 5.75 Å². The van der Waals surface area contributed by atoms with Crippen molar-refractivity contribution in [1.29, 1.82) is 0 Å². The van der Waals surface area contributed by atoms with Crippen LogP contribution in [-0.4, -0.2) is 31.1 Å². The molecule has 0 radical (unpaired) electrons. The average Bonchev–Trinajstić information content (AvgIpc) is 2.84. The summed E-state index contributed by atoms with van der Waals surface area (Å²) in [5, 5.41) is 0.648. The van der Waals surface area contributed by atoms with Gasteiger partial charge in [0.25, 0.3) is 0 Å². The molecule has 0 saturated carbocycles. The van der Waals surface area contributed by atoms with Crippen LogP contribution < -0.4 is 10.5 Å². The van der Waals surface area contributed by atoms with Gasteiger partial charge in [-0.15, -0.1) is 0 Å². The Hall–Kier alpha value is -0.770. The van der Waals surface area contributed by atoms with E-state index >= 15 is 0 Å². The Morgan fingerprint density at radius 3 is 2.76 bits per heavy atom. The Kier molecular flexibility index (Phi) is 4.66. The highest BCUT2D eigenvalue weighted by Gasteiger charge is 2.12. The number of likely N-dealkylation sites (tertiary alicyclic amines) is 1. The third kappa shape index (κ3) is 3.35. The van der Waals surface area contributed by atoms with Gasteiger partial charge in [0.15, 0.2) is 0 Å². The number of nitrogens with two attached hydrogens (primary N) is 1. The molecule has 0 atom stereocenters. The maximum atomic E-state index is 6.11. The number of hydrogen-bond donors (Lipinski definition) is 1. The minimum Gasteiger partial charge on any atom is -0.490 e. The van der Waals surface area contributed by atoms with Gasteiger partial charge < -0.3 is 10.5 Å². The topological polar surface area (TPSA) is 38.5 Å². The normalized spacial score (nSPS) is 16.4. The van der Waals surface area contributed by atoms with Crippen LogP contribution in [0.1, 0.15) is 18.4 Å². The molecule has 2 rings (SSSR count). The molecule has 0 amide bonds. The minimum atomic E-state index is 0.458. The summed E-state index contributed by atoms with van der Waals surface area (Å²) in [4.78, 5) is 2.42. The largest absolute Gasteiger partial charge is 0.490 e. The molecule has 1 saturated heterocycles. The summed E-state index contributed by atoms with van der Waals surface area (Å²) < 4.78 is 5.77. The smallest absolute Gasteiger partial charge is 0.142 e. The molecule has 2 N–H and O–H groups in total. The van der Waals surface area contributed by atoms with Crippen molar-refractivity contribution in [2.24, 2.45) is 5.73 Å². The lowest BCUT2D eigenvalue weighted by atomic mass is 10.2. The van der Waals surface area contributed by atoms with Crippen LogP contribution in [0, 0.1) is 0 Å². The maximum Gasteiger partial charge on any atom is 0.142 e. The van der Waals surface area contributed by atoms with Crippen LogP contribution in [0.25, 0.3) is 0 Å². The molecule has 1 heterocycles. The Balaban J connectivity index is 1.89. The zero-order valence-corrected chi connectivity index (χ0v) is 10.7. The Morgan fingerprint density at radius 1 is 1.29 bits per heavy atom. The molecule has 17 heavy (non-hydrogen) atoms. The first kappa shape index (κ1) is 12.7. The molecule has 4 heteroatoms. The molecule has 0 spiro atoms. The summed E-state index contributed by atoms with van der Waals surface area (Å²) >= 11 is 6.11. The Morgan fingerprint density at radius 2 is 2.06 bits per heavy atom. The number of para-hydroxylation sites is 1. The van der Waals surface area contributed by atoms with Gasteiger partial charge >= 0.3 is 0 Å². The first-order valence-corrected chi connectivity index (χ1v) is 6.51. The van der Waals surface area contributed by atoms with Crippen LogP contribution in [0.4, 0.5) is 0 Å². The van der Waals surface area contributed by atoms with Gasteiger partial charge in [-0.1, -0.05) is 23.7 Å². The van der Waals surface area contributed by atoms with Crippen molar-refractivity contribution in [2.75, 3.05) is 26.2 Å². The Bertz CT molecular complexity index is 364. The number of halogens is 1. The van der Waals surface area contributed by atoms with Crippen LogP contribution in [0.3, 0.4) is 0 Å². The second-order valence-electron chi connectivity index (χ2n) is 4.33. The van der Waals surface area contributed by atoms with E-state index in [0.29, 0.717) is 18.2 Å². The molecule has 0 aliphatic carbocycles. The molecule has 1 aromatic carbocycles. The number of rotatable bonds is 5. The van der Waals surface area contributed by atoms with Gasteiger partial charge in [-0.2, -0.15) is 0 Å². The fourth-order valence-corrected chi connectivity index (χ4v) is 2.41. The molecule has 94 valence electrons. The van der Waals surface area contributed by atoms with Crippen molar-refractivity contribution in [3.05, 3.63) is 28.8 Å². The molecule has 0 aromatic heterocycles. The number of benzene rings is 1. The van der Waals surface area contributed by atoms with E-state index in [-0.39, 0.29) is 0 Å². The summed E-state index contributed by atoms with van der Waals surface area (Å²) in [5.74, 6) is 0.746. The molecule has 0 unspecified atom stereocenters. The van der Waals surface area contributed by atoms with Crippen molar-refractivity contribution >= 4 is 11.6 Å².